The molecule has 5 nitrogen and oxygen atoms in total. The lowest BCUT2D eigenvalue weighted by atomic mass is 10.2. The van der Waals surface area contributed by atoms with Crippen LogP contribution in [0.25, 0.3) is 22.6 Å². The van der Waals surface area contributed by atoms with Crippen LogP contribution in [0.1, 0.15) is 0 Å². The van der Waals surface area contributed by atoms with Crippen LogP contribution in [0.15, 0.2) is 49.2 Å². The quantitative estimate of drug-likeness (QED) is 0.730. The molecule has 106 valence electrons. The van der Waals surface area contributed by atoms with Crippen molar-refractivity contribution in [2.24, 2.45) is 0 Å². The zero-order valence-electron chi connectivity index (χ0n) is 11.7. The average Bonchev–Trinajstić information content (AvgIpc) is 2.96. The first-order valence-corrected chi connectivity index (χ1v) is 6.54. The van der Waals surface area contributed by atoms with Crippen LogP contribution >= 0.6 is 0 Å². The first-order chi connectivity index (χ1) is 10.3. The molecule has 1 N–H and O–H groups in total. The molecule has 1 aromatic carbocycles. The molecule has 0 saturated carbocycles. The van der Waals surface area contributed by atoms with Gasteiger partial charge in [-0.2, -0.15) is 0 Å². The van der Waals surface area contributed by atoms with Gasteiger partial charge in [-0.15, -0.1) is 0 Å². The molecule has 0 bridgehead atoms. The van der Waals surface area contributed by atoms with Crippen LogP contribution < -0.4 is 9.47 Å². The molecule has 0 unspecified atom stereocenters. The van der Waals surface area contributed by atoms with E-state index in [0.29, 0.717) is 23.8 Å². The van der Waals surface area contributed by atoms with Crippen LogP contribution in [-0.4, -0.2) is 28.7 Å². The number of imidazole rings is 1. The zero-order valence-corrected chi connectivity index (χ0v) is 11.7. The third kappa shape index (κ3) is 2.58. The molecule has 2 heterocycles. The highest BCUT2D eigenvalue weighted by atomic mass is 16.5. The molecular formula is C16H15N3O2. The van der Waals surface area contributed by atoms with Gasteiger partial charge in [0, 0.05) is 12.3 Å². The number of nitrogens with one attached hydrogen (secondary N) is 1. The van der Waals surface area contributed by atoms with Gasteiger partial charge in [0.2, 0.25) is 0 Å². The summed E-state index contributed by atoms with van der Waals surface area (Å²) in [7, 11) is 1.62. The topological polar surface area (TPSA) is 60.0 Å². The van der Waals surface area contributed by atoms with Gasteiger partial charge in [-0.3, -0.25) is 0 Å². The molecule has 0 atom stereocenters. The number of ether oxygens (including phenoxy) is 2. The van der Waals surface area contributed by atoms with Gasteiger partial charge in [-0.25, -0.2) is 9.97 Å². The zero-order chi connectivity index (χ0) is 14.7. The summed E-state index contributed by atoms with van der Waals surface area (Å²) in [6.07, 6.45) is 3.42. The lowest BCUT2D eigenvalue weighted by Crippen LogP contribution is -1.97. The van der Waals surface area contributed by atoms with Crippen molar-refractivity contribution in [3.63, 3.8) is 0 Å². The number of pyridine rings is 1. The Morgan fingerprint density at radius 2 is 2.24 bits per heavy atom. The largest absolute Gasteiger partial charge is 0.497 e. The van der Waals surface area contributed by atoms with Crippen LogP contribution in [0.5, 0.6) is 11.5 Å². The molecule has 0 spiro atoms. The Bertz CT molecular complexity index is 747. The van der Waals surface area contributed by atoms with Crippen molar-refractivity contribution in [1.82, 2.24) is 15.0 Å². The van der Waals surface area contributed by atoms with E-state index in [0.717, 1.165) is 16.8 Å². The summed E-state index contributed by atoms with van der Waals surface area (Å²) in [6, 6.07) is 9.42. The van der Waals surface area contributed by atoms with E-state index in [2.05, 4.69) is 21.5 Å². The summed E-state index contributed by atoms with van der Waals surface area (Å²) >= 11 is 0. The molecule has 0 radical (unpaired) electrons. The molecule has 0 aliphatic heterocycles. The first kappa shape index (κ1) is 13.2. The number of hydrogen-bond acceptors (Lipinski definition) is 4. The second-order valence-corrected chi connectivity index (χ2v) is 4.42. The third-order valence-corrected chi connectivity index (χ3v) is 3.06. The van der Waals surface area contributed by atoms with Gasteiger partial charge in [0.25, 0.3) is 0 Å². The summed E-state index contributed by atoms with van der Waals surface area (Å²) in [5.74, 6) is 2.13. The van der Waals surface area contributed by atoms with Crippen molar-refractivity contribution in [3.05, 3.63) is 49.2 Å². The van der Waals surface area contributed by atoms with Crippen LogP contribution in [-0.2, 0) is 0 Å². The number of rotatable bonds is 5. The number of nitrogens with zero attached hydrogens (tertiary/aromatic N) is 2. The number of benzene rings is 1. The first-order valence-electron chi connectivity index (χ1n) is 6.54. The van der Waals surface area contributed by atoms with E-state index in [9.17, 15) is 0 Å². The molecule has 2 aromatic heterocycles. The Kier molecular flexibility index (Phi) is 3.55. The normalized spacial score (nSPS) is 10.5. The second-order valence-electron chi connectivity index (χ2n) is 4.42. The van der Waals surface area contributed by atoms with Gasteiger partial charge in [0.1, 0.15) is 23.9 Å². The van der Waals surface area contributed by atoms with E-state index in [4.69, 9.17) is 9.47 Å². The predicted octanol–water partition coefficient (Wildman–Crippen LogP) is 3.20. The number of aromatic nitrogens is 3. The summed E-state index contributed by atoms with van der Waals surface area (Å²) in [5.41, 5.74) is 2.42. The molecule has 5 heteroatoms. The lowest BCUT2D eigenvalue weighted by Gasteiger charge is -2.10. The monoisotopic (exact) mass is 281 g/mol. The Hall–Kier alpha value is -2.82. The average molecular weight is 281 g/mol. The fourth-order valence-electron chi connectivity index (χ4n) is 2.07. The minimum absolute atomic E-state index is 0.415. The fourth-order valence-corrected chi connectivity index (χ4v) is 2.07. The smallest absolute Gasteiger partial charge is 0.178 e. The Labute approximate surface area is 122 Å². The Balaban J connectivity index is 2.08. The lowest BCUT2D eigenvalue weighted by molar-refractivity contribution is 0.358. The van der Waals surface area contributed by atoms with E-state index in [1.54, 1.807) is 19.4 Å². The maximum atomic E-state index is 5.70. The SMILES string of the molecule is C=CCOc1cc(OC)ccc1-c1nc2ncccc2[nH]1. The number of fused-ring (bicyclic) bond motifs is 1. The van der Waals surface area contributed by atoms with Gasteiger partial charge in [0.05, 0.1) is 18.2 Å². The summed E-state index contributed by atoms with van der Waals surface area (Å²) in [4.78, 5) is 12.0. The highest BCUT2D eigenvalue weighted by molar-refractivity contribution is 5.77. The van der Waals surface area contributed by atoms with Crippen molar-refractivity contribution in [1.29, 1.82) is 0 Å². The van der Waals surface area contributed by atoms with Crippen molar-refractivity contribution in [2.45, 2.75) is 0 Å². The van der Waals surface area contributed by atoms with Gasteiger partial charge in [0.15, 0.2) is 5.65 Å². The van der Waals surface area contributed by atoms with Gasteiger partial charge in [-0.1, -0.05) is 12.7 Å². The van der Waals surface area contributed by atoms with Crippen LogP contribution in [0.2, 0.25) is 0 Å². The predicted molar refractivity (Wildman–Crippen MR) is 81.6 cm³/mol. The Morgan fingerprint density at radius 3 is 3.00 bits per heavy atom. The molecule has 0 aliphatic carbocycles. The molecule has 0 saturated heterocycles. The number of methoxy groups -OCH3 is 1. The standard InChI is InChI=1S/C16H15N3O2/c1-3-9-21-14-10-11(20-2)6-7-12(14)15-18-13-5-4-8-17-16(13)19-15/h3-8,10H,1,9H2,2H3,(H,17,18,19). The highest BCUT2D eigenvalue weighted by Crippen LogP contribution is 2.32. The van der Waals surface area contributed by atoms with Gasteiger partial charge >= 0.3 is 0 Å². The second kappa shape index (κ2) is 5.66. The van der Waals surface area contributed by atoms with Gasteiger partial charge < -0.3 is 14.5 Å². The summed E-state index contributed by atoms with van der Waals surface area (Å²) in [5, 5.41) is 0. The van der Waals surface area contributed by atoms with Gasteiger partial charge in [-0.05, 0) is 24.3 Å². The highest BCUT2D eigenvalue weighted by Gasteiger charge is 2.12. The van der Waals surface area contributed by atoms with Crippen molar-refractivity contribution in [2.75, 3.05) is 13.7 Å². The molecule has 3 rings (SSSR count). The van der Waals surface area contributed by atoms with E-state index < -0.39 is 0 Å². The van der Waals surface area contributed by atoms with Crippen molar-refractivity contribution < 1.29 is 9.47 Å². The summed E-state index contributed by atoms with van der Waals surface area (Å²) < 4.78 is 10.9. The minimum Gasteiger partial charge on any atom is -0.497 e. The molecule has 0 fully saturated rings. The van der Waals surface area contributed by atoms with Crippen LogP contribution in [0, 0.1) is 0 Å². The molecule has 21 heavy (non-hydrogen) atoms. The van der Waals surface area contributed by atoms with Crippen LogP contribution in [0.4, 0.5) is 0 Å². The van der Waals surface area contributed by atoms with E-state index in [-0.39, 0.29) is 0 Å². The number of aromatic amines is 1. The third-order valence-electron chi connectivity index (χ3n) is 3.06. The molecule has 0 amide bonds. The molecule has 3 aromatic rings. The number of H-pyrrole nitrogens is 1. The van der Waals surface area contributed by atoms with E-state index in [1.807, 2.05) is 30.3 Å². The fraction of sp³-hybridized carbons (Fsp3) is 0.125. The Morgan fingerprint density at radius 1 is 1.33 bits per heavy atom. The van der Waals surface area contributed by atoms with Crippen molar-refractivity contribution in [3.8, 4) is 22.9 Å². The summed E-state index contributed by atoms with van der Waals surface area (Å²) in [6.45, 7) is 4.08. The maximum absolute atomic E-state index is 5.70. The molecular weight excluding hydrogens is 266 g/mol. The van der Waals surface area contributed by atoms with E-state index in [1.165, 1.54) is 0 Å². The molecule has 0 aliphatic rings. The minimum atomic E-state index is 0.415. The van der Waals surface area contributed by atoms with Crippen LogP contribution in [0.3, 0.4) is 0 Å². The van der Waals surface area contributed by atoms with E-state index >= 15 is 0 Å². The van der Waals surface area contributed by atoms with Crippen molar-refractivity contribution >= 4 is 11.2 Å². The maximum Gasteiger partial charge on any atom is 0.178 e. The number of hydrogen-bond donors (Lipinski definition) is 1.